The van der Waals surface area contributed by atoms with E-state index in [1.54, 1.807) is 11.9 Å². The van der Waals surface area contributed by atoms with Crippen molar-refractivity contribution in [3.63, 3.8) is 0 Å². The first-order valence-corrected chi connectivity index (χ1v) is 11.2. The van der Waals surface area contributed by atoms with Gasteiger partial charge in [-0.2, -0.15) is 0 Å². The Bertz CT molecular complexity index is 1220. The summed E-state index contributed by atoms with van der Waals surface area (Å²) in [6.07, 6.45) is 0.143. The zero-order valence-corrected chi connectivity index (χ0v) is 19.5. The Hall–Kier alpha value is -3.67. The molecule has 0 unspecified atom stereocenters. The van der Waals surface area contributed by atoms with Gasteiger partial charge in [-0.1, -0.05) is 54.1 Å². The maximum Gasteiger partial charge on any atom is 0.243 e. The van der Waals surface area contributed by atoms with Gasteiger partial charge >= 0.3 is 0 Å². The van der Waals surface area contributed by atoms with Crippen LogP contribution in [0.4, 0.5) is 11.4 Å². The van der Waals surface area contributed by atoms with E-state index >= 15 is 0 Å². The highest BCUT2D eigenvalue weighted by molar-refractivity contribution is 6.07. The number of rotatable bonds is 5. The van der Waals surface area contributed by atoms with Crippen LogP contribution in [0.25, 0.3) is 10.8 Å². The van der Waals surface area contributed by atoms with Gasteiger partial charge in [-0.15, -0.1) is 0 Å². The molecule has 1 atom stereocenters. The summed E-state index contributed by atoms with van der Waals surface area (Å²) in [5.41, 5.74) is 4.71. The Morgan fingerprint density at radius 1 is 1.03 bits per heavy atom. The highest BCUT2D eigenvalue weighted by Gasteiger charge is 2.37. The molecular formula is C27H29N3O3. The van der Waals surface area contributed by atoms with Gasteiger partial charge < -0.3 is 15.1 Å². The van der Waals surface area contributed by atoms with Crippen molar-refractivity contribution in [2.24, 2.45) is 5.92 Å². The summed E-state index contributed by atoms with van der Waals surface area (Å²) in [6.45, 7) is 6.17. The lowest BCUT2D eigenvalue weighted by atomic mass is 10.0. The second kappa shape index (κ2) is 9.06. The number of anilines is 2. The predicted octanol–water partition coefficient (Wildman–Crippen LogP) is 4.22. The van der Waals surface area contributed by atoms with Crippen LogP contribution in [0.1, 0.15) is 23.1 Å². The van der Waals surface area contributed by atoms with Gasteiger partial charge in [-0.3, -0.25) is 14.4 Å². The van der Waals surface area contributed by atoms with Crippen LogP contribution in [-0.4, -0.2) is 42.8 Å². The Balaban J connectivity index is 1.43. The molecule has 170 valence electrons. The number of carbonyl (C=O) groups is 3. The number of likely N-dealkylation sites (N-methyl/N-ethyl adjacent to an activating group) is 1. The van der Waals surface area contributed by atoms with E-state index in [9.17, 15) is 14.4 Å². The minimum Gasteiger partial charge on any atom is -0.336 e. The number of fused-ring (bicyclic) bond motifs is 1. The van der Waals surface area contributed by atoms with Crippen molar-refractivity contribution in [3.05, 3.63) is 71.3 Å². The molecule has 1 N–H and O–H groups in total. The fourth-order valence-corrected chi connectivity index (χ4v) is 4.71. The van der Waals surface area contributed by atoms with Gasteiger partial charge in [0, 0.05) is 31.1 Å². The SMILES string of the molecule is Cc1cc(C)c(NC(=O)CN(C)C(=O)[C@H]2CC(=O)N(c3cccc4ccccc34)C2)c(C)c1. The van der Waals surface area contributed by atoms with Crippen LogP contribution < -0.4 is 10.2 Å². The minimum absolute atomic E-state index is 0.0649. The van der Waals surface area contributed by atoms with Crippen LogP contribution >= 0.6 is 0 Å². The number of hydrogen-bond acceptors (Lipinski definition) is 3. The molecule has 0 saturated carbocycles. The third-order valence-electron chi connectivity index (χ3n) is 6.23. The first kappa shape index (κ1) is 22.5. The Morgan fingerprint density at radius 2 is 1.70 bits per heavy atom. The normalized spacial score (nSPS) is 15.7. The first-order chi connectivity index (χ1) is 15.7. The lowest BCUT2D eigenvalue weighted by molar-refractivity contribution is -0.137. The van der Waals surface area contributed by atoms with Crippen molar-refractivity contribution in [2.45, 2.75) is 27.2 Å². The summed E-state index contributed by atoms with van der Waals surface area (Å²) in [4.78, 5) is 41.6. The highest BCUT2D eigenvalue weighted by atomic mass is 16.2. The summed E-state index contributed by atoms with van der Waals surface area (Å²) in [5, 5.41) is 4.97. The number of benzene rings is 3. The standard InChI is InChI=1S/C27H29N3O3/c1-17-12-18(2)26(19(3)13-17)28-24(31)16-29(4)27(33)21-14-25(32)30(15-21)23-11-7-9-20-8-5-6-10-22(20)23/h5-13,21H,14-16H2,1-4H3,(H,28,31)/t21-/m0/s1. The second-order valence-corrected chi connectivity index (χ2v) is 8.92. The number of amides is 3. The number of aryl methyl sites for hydroxylation is 3. The van der Waals surface area contributed by atoms with Gasteiger partial charge in [0.15, 0.2) is 0 Å². The third-order valence-corrected chi connectivity index (χ3v) is 6.23. The Morgan fingerprint density at radius 3 is 2.42 bits per heavy atom. The van der Waals surface area contributed by atoms with E-state index in [0.29, 0.717) is 6.54 Å². The van der Waals surface area contributed by atoms with E-state index in [0.717, 1.165) is 38.8 Å². The van der Waals surface area contributed by atoms with Crippen LogP contribution in [0, 0.1) is 26.7 Å². The molecule has 4 rings (SSSR count). The largest absolute Gasteiger partial charge is 0.336 e. The van der Waals surface area contributed by atoms with E-state index in [1.807, 2.05) is 75.4 Å². The molecule has 3 aromatic rings. The molecular weight excluding hydrogens is 414 g/mol. The van der Waals surface area contributed by atoms with Crippen LogP contribution in [0.3, 0.4) is 0 Å². The summed E-state index contributed by atoms with van der Waals surface area (Å²) in [7, 11) is 1.61. The first-order valence-electron chi connectivity index (χ1n) is 11.2. The molecule has 1 aliphatic rings. The monoisotopic (exact) mass is 443 g/mol. The summed E-state index contributed by atoms with van der Waals surface area (Å²) >= 11 is 0. The van der Waals surface area contributed by atoms with Crippen molar-refractivity contribution in [2.75, 3.05) is 30.4 Å². The zero-order chi connectivity index (χ0) is 23.7. The van der Waals surface area contributed by atoms with Gasteiger partial charge in [0.2, 0.25) is 17.7 Å². The van der Waals surface area contributed by atoms with Crippen LogP contribution in [0.5, 0.6) is 0 Å². The molecule has 0 spiro atoms. The lowest BCUT2D eigenvalue weighted by Gasteiger charge is -2.22. The van der Waals surface area contributed by atoms with E-state index in [2.05, 4.69) is 5.32 Å². The molecule has 6 heteroatoms. The second-order valence-electron chi connectivity index (χ2n) is 8.92. The summed E-state index contributed by atoms with van der Waals surface area (Å²) in [5.74, 6) is -1.000. The molecule has 1 fully saturated rings. The predicted molar refractivity (Wildman–Crippen MR) is 131 cm³/mol. The molecule has 0 aliphatic carbocycles. The van der Waals surface area contributed by atoms with E-state index < -0.39 is 5.92 Å². The Kier molecular flexibility index (Phi) is 6.18. The molecule has 3 aromatic carbocycles. The fourth-order valence-electron chi connectivity index (χ4n) is 4.71. The van der Waals surface area contributed by atoms with Crippen molar-refractivity contribution in [1.29, 1.82) is 0 Å². The van der Waals surface area contributed by atoms with E-state index in [1.165, 1.54) is 4.90 Å². The molecule has 1 saturated heterocycles. The molecule has 0 aromatic heterocycles. The molecule has 3 amide bonds. The Labute approximate surface area is 194 Å². The average molecular weight is 444 g/mol. The third kappa shape index (κ3) is 4.60. The summed E-state index contributed by atoms with van der Waals surface area (Å²) in [6, 6.07) is 17.8. The number of hydrogen-bond donors (Lipinski definition) is 1. The van der Waals surface area contributed by atoms with Gasteiger partial charge in [-0.05, 0) is 43.4 Å². The molecule has 1 aliphatic heterocycles. The van der Waals surface area contributed by atoms with Gasteiger partial charge in [0.25, 0.3) is 0 Å². The van der Waals surface area contributed by atoms with Crippen molar-refractivity contribution < 1.29 is 14.4 Å². The maximum absolute atomic E-state index is 13.1. The lowest BCUT2D eigenvalue weighted by Crippen LogP contribution is -2.39. The van der Waals surface area contributed by atoms with Gasteiger partial charge in [0.1, 0.15) is 0 Å². The maximum atomic E-state index is 13.1. The van der Waals surface area contributed by atoms with Gasteiger partial charge in [-0.25, -0.2) is 0 Å². The van der Waals surface area contributed by atoms with Gasteiger partial charge in [0.05, 0.1) is 18.2 Å². The van der Waals surface area contributed by atoms with Crippen LogP contribution in [-0.2, 0) is 14.4 Å². The molecule has 6 nitrogen and oxygen atoms in total. The van der Waals surface area contributed by atoms with Crippen LogP contribution in [0.15, 0.2) is 54.6 Å². The zero-order valence-electron chi connectivity index (χ0n) is 19.5. The van der Waals surface area contributed by atoms with Crippen LogP contribution in [0.2, 0.25) is 0 Å². The van der Waals surface area contributed by atoms with Crippen molar-refractivity contribution in [1.82, 2.24) is 4.90 Å². The van der Waals surface area contributed by atoms with E-state index in [-0.39, 0.29) is 30.7 Å². The van der Waals surface area contributed by atoms with Crippen molar-refractivity contribution >= 4 is 39.9 Å². The minimum atomic E-state index is -0.475. The molecule has 1 heterocycles. The van der Waals surface area contributed by atoms with Crippen molar-refractivity contribution in [3.8, 4) is 0 Å². The molecule has 33 heavy (non-hydrogen) atoms. The fraction of sp³-hybridized carbons (Fsp3) is 0.296. The van der Waals surface area contributed by atoms with E-state index in [4.69, 9.17) is 0 Å². The number of nitrogens with zero attached hydrogens (tertiary/aromatic N) is 2. The topological polar surface area (TPSA) is 69.7 Å². The number of carbonyl (C=O) groups excluding carboxylic acids is 3. The summed E-state index contributed by atoms with van der Waals surface area (Å²) < 4.78 is 0. The molecule has 0 radical (unpaired) electrons. The average Bonchev–Trinajstić information content (AvgIpc) is 3.16. The highest BCUT2D eigenvalue weighted by Crippen LogP contribution is 2.32. The quantitative estimate of drug-likeness (QED) is 0.642. The smallest absolute Gasteiger partial charge is 0.243 e. The molecule has 0 bridgehead atoms. The number of nitrogens with one attached hydrogen (secondary N) is 1.